The van der Waals surface area contributed by atoms with Crippen molar-refractivity contribution in [3.8, 4) is 5.75 Å². The van der Waals surface area contributed by atoms with Crippen LogP contribution in [0, 0.1) is 5.82 Å². The van der Waals surface area contributed by atoms with Gasteiger partial charge in [-0.2, -0.15) is 0 Å². The van der Waals surface area contributed by atoms with Gasteiger partial charge in [0.05, 0.1) is 12.2 Å². The first-order valence-corrected chi connectivity index (χ1v) is 5.07. The van der Waals surface area contributed by atoms with Gasteiger partial charge in [-0.15, -0.1) is 0 Å². The second-order valence-electron chi connectivity index (χ2n) is 3.39. The third-order valence-electron chi connectivity index (χ3n) is 2.07. The molecule has 3 nitrogen and oxygen atoms in total. The van der Waals surface area contributed by atoms with Gasteiger partial charge in [-0.3, -0.25) is 4.79 Å². The lowest BCUT2D eigenvalue weighted by molar-refractivity contribution is 0.101. The first-order chi connectivity index (χ1) is 7.65. The van der Waals surface area contributed by atoms with Gasteiger partial charge in [0.1, 0.15) is 11.6 Å². The van der Waals surface area contributed by atoms with E-state index in [9.17, 15) is 9.18 Å². The van der Waals surface area contributed by atoms with Crippen LogP contribution in [0.5, 0.6) is 5.75 Å². The summed E-state index contributed by atoms with van der Waals surface area (Å²) >= 11 is 0. The second-order valence-corrected chi connectivity index (χ2v) is 3.39. The summed E-state index contributed by atoms with van der Waals surface area (Å²) in [6.07, 6.45) is 0.699. The van der Waals surface area contributed by atoms with Crippen LogP contribution in [0.3, 0.4) is 0 Å². The van der Waals surface area contributed by atoms with Crippen molar-refractivity contribution >= 4 is 5.78 Å². The van der Waals surface area contributed by atoms with E-state index in [2.05, 4.69) is 0 Å². The SMILES string of the molecule is COCCCOc1cc(F)ccc1C(C)=O. The topological polar surface area (TPSA) is 35.5 Å². The van der Waals surface area contributed by atoms with Crippen LogP contribution in [0.1, 0.15) is 23.7 Å². The number of rotatable bonds is 6. The van der Waals surface area contributed by atoms with Crippen LogP contribution in [0.2, 0.25) is 0 Å². The molecule has 0 aromatic heterocycles. The minimum absolute atomic E-state index is 0.137. The van der Waals surface area contributed by atoms with Crippen LogP contribution in [-0.2, 0) is 4.74 Å². The Hall–Kier alpha value is -1.42. The Morgan fingerprint density at radius 3 is 2.75 bits per heavy atom. The lowest BCUT2D eigenvalue weighted by Crippen LogP contribution is -2.05. The summed E-state index contributed by atoms with van der Waals surface area (Å²) in [4.78, 5) is 11.2. The van der Waals surface area contributed by atoms with Crippen LogP contribution in [0.4, 0.5) is 4.39 Å². The minimum atomic E-state index is -0.410. The molecule has 0 N–H and O–H groups in total. The molecule has 1 aromatic rings. The minimum Gasteiger partial charge on any atom is -0.493 e. The zero-order chi connectivity index (χ0) is 12.0. The quantitative estimate of drug-likeness (QED) is 0.552. The maximum absolute atomic E-state index is 13.0. The van der Waals surface area contributed by atoms with Crippen molar-refractivity contribution in [1.82, 2.24) is 0 Å². The average Bonchev–Trinajstić information content (AvgIpc) is 2.24. The van der Waals surface area contributed by atoms with Gasteiger partial charge < -0.3 is 9.47 Å². The molecular weight excluding hydrogens is 211 g/mol. The maximum Gasteiger partial charge on any atom is 0.163 e. The van der Waals surface area contributed by atoms with Gasteiger partial charge >= 0.3 is 0 Å². The van der Waals surface area contributed by atoms with E-state index < -0.39 is 5.82 Å². The van der Waals surface area contributed by atoms with Gasteiger partial charge in [0.25, 0.3) is 0 Å². The molecule has 0 unspecified atom stereocenters. The summed E-state index contributed by atoms with van der Waals surface area (Å²) in [5.41, 5.74) is 0.402. The van der Waals surface area contributed by atoms with Crippen LogP contribution in [0.15, 0.2) is 18.2 Å². The fourth-order valence-electron chi connectivity index (χ4n) is 1.29. The number of halogens is 1. The van der Waals surface area contributed by atoms with Crippen LogP contribution in [-0.4, -0.2) is 26.1 Å². The van der Waals surface area contributed by atoms with E-state index in [1.54, 1.807) is 7.11 Å². The highest BCUT2D eigenvalue weighted by Gasteiger charge is 2.09. The highest BCUT2D eigenvalue weighted by atomic mass is 19.1. The van der Waals surface area contributed by atoms with Crippen molar-refractivity contribution in [2.75, 3.05) is 20.3 Å². The lowest BCUT2D eigenvalue weighted by atomic mass is 10.1. The lowest BCUT2D eigenvalue weighted by Gasteiger charge is -2.09. The predicted molar refractivity (Wildman–Crippen MR) is 58.4 cm³/mol. The van der Waals surface area contributed by atoms with Gasteiger partial charge in [0, 0.05) is 26.2 Å². The Bertz CT molecular complexity index is 363. The summed E-state index contributed by atoms with van der Waals surface area (Å²) in [6.45, 7) is 2.40. The largest absolute Gasteiger partial charge is 0.493 e. The molecule has 16 heavy (non-hydrogen) atoms. The summed E-state index contributed by atoms with van der Waals surface area (Å²) in [5.74, 6) is -0.253. The van der Waals surface area contributed by atoms with Gasteiger partial charge in [0.2, 0.25) is 0 Å². The van der Waals surface area contributed by atoms with Gasteiger partial charge in [-0.05, 0) is 19.1 Å². The Labute approximate surface area is 94.2 Å². The molecule has 0 atom stereocenters. The molecule has 0 amide bonds. The standard InChI is InChI=1S/C12H15FO3/c1-9(14)11-5-4-10(13)8-12(11)16-7-3-6-15-2/h4-5,8H,3,6-7H2,1-2H3. The maximum atomic E-state index is 13.0. The Kier molecular flexibility index (Phi) is 4.92. The fourth-order valence-corrected chi connectivity index (χ4v) is 1.29. The number of carbonyl (C=O) groups excluding carboxylic acids is 1. The zero-order valence-electron chi connectivity index (χ0n) is 9.46. The highest BCUT2D eigenvalue weighted by Crippen LogP contribution is 2.20. The third-order valence-corrected chi connectivity index (χ3v) is 2.07. The van der Waals surface area contributed by atoms with Gasteiger partial charge in [-0.25, -0.2) is 4.39 Å². The number of methoxy groups -OCH3 is 1. The molecule has 0 bridgehead atoms. The van der Waals surface area contributed by atoms with E-state index in [0.29, 0.717) is 30.9 Å². The van der Waals surface area contributed by atoms with Crippen molar-refractivity contribution in [3.63, 3.8) is 0 Å². The number of ketones is 1. The molecule has 88 valence electrons. The monoisotopic (exact) mass is 226 g/mol. The fraction of sp³-hybridized carbons (Fsp3) is 0.417. The van der Waals surface area contributed by atoms with Crippen LogP contribution >= 0.6 is 0 Å². The molecule has 4 heteroatoms. The highest BCUT2D eigenvalue weighted by molar-refractivity contribution is 5.96. The van der Waals surface area contributed by atoms with E-state index in [1.807, 2.05) is 0 Å². The summed E-state index contributed by atoms with van der Waals surface area (Å²) in [6, 6.07) is 3.91. The van der Waals surface area contributed by atoms with E-state index >= 15 is 0 Å². The van der Waals surface area contributed by atoms with E-state index in [4.69, 9.17) is 9.47 Å². The molecule has 0 fully saturated rings. The van der Waals surface area contributed by atoms with Crippen LogP contribution in [0.25, 0.3) is 0 Å². The molecule has 0 aliphatic carbocycles. The third kappa shape index (κ3) is 3.62. The normalized spacial score (nSPS) is 10.2. The molecule has 0 saturated heterocycles. The number of Topliss-reactive ketones (excluding diaryl/α,β-unsaturated/α-hetero) is 1. The summed E-state index contributed by atoms with van der Waals surface area (Å²) < 4.78 is 23.2. The van der Waals surface area contributed by atoms with E-state index in [1.165, 1.54) is 25.1 Å². The van der Waals surface area contributed by atoms with E-state index in [-0.39, 0.29) is 5.78 Å². The van der Waals surface area contributed by atoms with Crippen molar-refractivity contribution in [1.29, 1.82) is 0 Å². The molecule has 0 radical (unpaired) electrons. The number of hydrogen-bond acceptors (Lipinski definition) is 3. The second kappa shape index (κ2) is 6.23. The molecule has 0 heterocycles. The zero-order valence-corrected chi connectivity index (χ0v) is 9.46. The summed E-state index contributed by atoms with van der Waals surface area (Å²) in [5, 5.41) is 0. The predicted octanol–water partition coefficient (Wildman–Crippen LogP) is 2.44. The van der Waals surface area contributed by atoms with Crippen molar-refractivity contribution in [3.05, 3.63) is 29.6 Å². The Morgan fingerprint density at radius 2 is 2.12 bits per heavy atom. The molecule has 1 aromatic carbocycles. The number of ether oxygens (including phenoxy) is 2. The number of hydrogen-bond donors (Lipinski definition) is 0. The Balaban J connectivity index is 2.68. The molecule has 0 aliphatic rings. The molecule has 0 spiro atoms. The van der Waals surface area contributed by atoms with Crippen molar-refractivity contribution in [2.45, 2.75) is 13.3 Å². The van der Waals surface area contributed by atoms with Crippen molar-refractivity contribution < 1.29 is 18.7 Å². The first-order valence-electron chi connectivity index (χ1n) is 5.07. The number of benzene rings is 1. The average molecular weight is 226 g/mol. The smallest absolute Gasteiger partial charge is 0.163 e. The number of carbonyl (C=O) groups is 1. The van der Waals surface area contributed by atoms with Gasteiger partial charge in [-0.1, -0.05) is 0 Å². The van der Waals surface area contributed by atoms with Gasteiger partial charge in [0.15, 0.2) is 5.78 Å². The molecular formula is C12H15FO3. The Morgan fingerprint density at radius 1 is 1.38 bits per heavy atom. The summed E-state index contributed by atoms with van der Waals surface area (Å²) in [7, 11) is 1.60. The first kappa shape index (κ1) is 12.6. The molecule has 1 rings (SSSR count). The molecule has 0 saturated carbocycles. The van der Waals surface area contributed by atoms with Crippen molar-refractivity contribution in [2.24, 2.45) is 0 Å². The van der Waals surface area contributed by atoms with E-state index in [0.717, 1.165) is 0 Å². The molecule has 0 aliphatic heterocycles. The van der Waals surface area contributed by atoms with Crippen LogP contribution < -0.4 is 4.74 Å².